The number of hydrogen-bond donors (Lipinski definition) is 0. The average molecular weight is 528 g/mol. The lowest BCUT2D eigenvalue weighted by atomic mass is 9.95. The van der Waals surface area contributed by atoms with Gasteiger partial charge in [-0.05, 0) is 42.5 Å². The van der Waals surface area contributed by atoms with E-state index in [0.717, 1.165) is 43.4 Å². The highest BCUT2D eigenvalue weighted by Gasteiger charge is 2.30. The second-order valence-electron chi connectivity index (χ2n) is 10.0. The van der Waals surface area contributed by atoms with Gasteiger partial charge in [-0.3, -0.25) is 4.79 Å². The summed E-state index contributed by atoms with van der Waals surface area (Å²) in [5.41, 5.74) is 2.00. The van der Waals surface area contributed by atoms with Gasteiger partial charge in [0.15, 0.2) is 0 Å². The van der Waals surface area contributed by atoms with Crippen LogP contribution in [0.1, 0.15) is 73.6 Å². The van der Waals surface area contributed by atoms with Gasteiger partial charge in [-0.25, -0.2) is 13.4 Å². The first-order valence-electron chi connectivity index (χ1n) is 12.6. The fraction of sp³-hybridized carbons (Fsp3) is 0.429. The molecule has 1 aliphatic carbocycles. The number of benzene rings is 2. The first kappa shape index (κ1) is 26.4. The van der Waals surface area contributed by atoms with Gasteiger partial charge < -0.3 is 9.47 Å². The SMILES string of the molecule is CC(C)CN(Cc1cnc(S(=O)(=O)Cc2ccccc2)n1C1CCCCC1)C(=O)c1cccc(Cl)c1. The Bertz CT molecular complexity index is 1280. The zero-order chi connectivity index (χ0) is 25.7. The summed E-state index contributed by atoms with van der Waals surface area (Å²) in [4.78, 5) is 19.7. The van der Waals surface area contributed by atoms with E-state index in [1.165, 1.54) is 0 Å². The van der Waals surface area contributed by atoms with Crippen LogP contribution in [0.2, 0.25) is 5.02 Å². The highest BCUT2D eigenvalue weighted by atomic mass is 35.5. The molecule has 1 heterocycles. The lowest BCUT2D eigenvalue weighted by molar-refractivity contribution is 0.0716. The molecule has 6 nitrogen and oxygen atoms in total. The predicted molar refractivity (Wildman–Crippen MR) is 143 cm³/mol. The van der Waals surface area contributed by atoms with Crippen LogP contribution in [0.3, 0.4) is 0 Å². The third-order valence-corrected chi connectivity index (χ3v) is 8.36. The molecule has 1 aliphatic rings. The molecule has 1 aromatic heterocycles. The van der Waals surface area contributed by atoms with E-state index in [2.05, 4.69) is 18.8 Å². The minimum atomic E-state index is -3.68. The van der Waals surface area contributed by atoms with Gasteiger partial charge in [-0.15, -0.1) is 0 Å². The normalized spacial score (nSPS) is 14.8. The van der Waals surface area contributed by atoms with Crippen molar-refractivity contribution in [1.29, 1.82) is 0 Å². The monoisotopic (exact) mass is 527 g/mol. The number of hydrogen-bond acceptors (Lipinski definition) is 4. The van der Waals surface area contributed by atoms with E-state index in [1.807, 2.05) is 34.9 Å². The van der Waals surface area contributed by atoms with E-state index in [9.17, 15) is 13.2 Å². The summed E-state index contributed by atoms with van der Waals surface area (Å²) >= 11 is 6.15. The molecule has 1 fully saturated rings. The van der Waals surface area contributed by atoms with Crippen LogP contribution in [-0.4, -0.2) is 35.3 Å². The summed E-state index contributed by atoms with van der Waals surface area (Å²) in [6.07, 6.45) is 6.72. The van der Waals surface area contributed by atoms with Crippen LogP contribution in [0, 0.1) is 5.92 Å². The van der Waals surface area contributed by atoms with E-state index in [4.69, 9.17) is 11.6 Å². The van der Waals surface area contributed by atoms with Crippen LogP contribution in [0.4, 0.5) is 0 Å². The van der Waals surface area contributed by atoms with Gasteiger partial charge in [0.25, 0.3) is 5.91 Å². The van der Waals surface area contributed by atoms with Gasteiger partial charge in [0.2, 0.25) is 15.0 Å². The van der Waals surface area contributed by atoms with Crippen LogP contribution in [0.25, 0.3) is 0 Å². The number of carbonyl (C=O) groups excluding carboxylic acids is 1. The average Bonchev–Trinajstić information content (AvgIpc) is 3.28. The lowest BCUT2D eigenvalue weighted by Gasteiger charge is -2.29. The summed E-state index contributed by atoms with van der Waals surface area (Å²) in [7, 11) is -3.68. The van der Waals surface area contributed by atoms with Crippen LogP contribution < -0.4 is 0 Å². The van der Waals surface area contributed by atoms with Crippen LogP contribution >= 0.6 is 11.6 Å². The molecule has 4 rings (SSSR count). The summed E-state index contributed by atoms with van der Waals surface area (Å²) < 4.78 is 29.0. The maximum atomic E-state index is 13.6. The van der Waals surface area contributed by atoms with Crippen LogP contribution in [-0.2, 0) is 22.1 Å². The molecule has 0 N–H and O–H groups in total. The Morgan fingerprint density at radius 2 is 1.81 bits per heavy atom. The quantitative estimate of drug-likeness (QED) is 0.326. The molecule has 0 unspecified atom stereocenters. The van der Waals surface area contributed by atoms with Crippen molar-refractivity contribution in [3.05, 3.63) is 82.6 Å². The molecule has 0 spiro atoms. The predicted octanol–water partition coefficient (Wildman–Crippen LogP) is 6.31. The molecule has 0 radical (unpaired) electrons. The minimum Gasteiger partial charge on any atom is -0.333 e. The molecular weight excluding hydrogens is 494 g/mol. The Morgan fingerprint density at radius 3 is 2.47 bits per heavy atom. The Hall–Kier alpha value is -2.64. The maximum Gasteiger partial charge on any atom is 0.254 e. The highest BCUT2D eigenvalue weighted by molar-refractivity contribution is 7.90. The zero-order valence-corrected chi connectivity index (χ0v) is 22.5. The molecule has 0 atom stereocenters. The number of sulfone groups is 1. The Balaban J connectivity index is 1.71. The largest absolute Gasteiger partial charge is 0.333 e. The van der Waals surface area contributed by atoms with Crippen molar-refractivity contribution in [2.24, 2.45) is 5.92 Å². The zero-order valence-electron chi connectivity index (χ0n) is 20.9. The minimum absolute atomic E-state index is 0.0546. The Labute approximate surface area is 219 Å². The number of halogens is 1. The molecule has 192 valence electrons. The summed E-state index contributed by atoms with van der Waals surface area (Å²) in [6.45, 7) is 4.94. The number of imidazole rings is 1. The van der Waals surface area contributed by atoms with Crippen LogP contribution in [0.5, 0.6) is 0 Å². The van der Waals surface area contributed by atoms with E-state index >= 15 is 0 Å². The van der Waals surface area contributed by atoms with E-state index in [0.29, 0.717) is 17.1 Å². The third-order valence-electron chi connectivity index (χ3n) is 6.55. The molecule has 1 saturated carbocycles. The van der Waals surface area contributed by atoms with Crippen molar-refractivity contribution >= 4 is 27.3 Å². The topological polar surface area (TPSA) is 72.3 Å². The van der Waals surface area contributed by atoms with Crippen LogP contribution in [0.15, 0.2) is 66.0 Å². The van der Waals surface area contributed by atoms with Gasteiger partial charge in [0.1, 0.15) is 0 Å². The molecule has 0 bridgehead atoms. The van der Waals surface area contributed by atoms with Crippen molar-refractivity contribution in [3.63, 3.8) is 0 Å². The van der Waals surface area contributed by atoms with E-state index in [1.54, 1.807) is 35.4 Å². The molecule has 2 aromatic carbocycles. The first-order chi connectivity index (χ1) is 17.2. The molecular formula is C28H34ClN3O3S. The van der Waals surface area contributed by atoms with Gasteiger partial charge in [0.05, 0.1) is 24.2 Å². The molecule has 8 heteroatoms. The van der Waals surface area contributed by atoms with Crippen molar-refractivity contribution < 1.29 is 13.2 Å². The second-order valence-corrected chi connectivity index (χ2v) is 12.3. The lowest BCUT2D eigenvalue weighted by Crippen LogP contribution is -2.35. The Kier molecular flexibility index (Phi) is 8.52. The highest BCUT2D eigenvalue weighted by Crippen LogP contribution is 2.33. The summed E-state index contributed by atoms with van der Waals surface area (Å²) in [6, 6.07) is 16.2. The van der Waals surface area contributed by atoms with Gasteiger partial charge in [-0.1, -0.05) is 81.1 Å². The molecule has 0 aliphatic heterocycles. The van der Waals surface area contributed by atoms with Crippen molar-refractivity contribution in [3.8, 4) is 0 Å². The third kappa shape index (κ3) is 6.37. The Morgan fingerprint density at radius 1 is 1.08 bits per heavy atom. The van der Waals surface area contributed by atoms with Gasteiger partial charge in [-0.2, -0.15) is 0 Å². The maximum absolute atomic E-state index is 13.6. The fourth-order valence-electron chi connectivity index (χ4n) is 4.97. The fourth-order valence-corrected chi connectivity index (χ4v) is 6.70. The van der Waals surface area contributed by atoms with E-state index < -0.39 is 9.84 Å². The number of nitrogens with zero attached hydrogens (tertiary/aromatic N) is 3. The van der Waals surface area contributed by atoms with Crippen molar-refractivity contribution in [1.82, 2.24) is 14.5 Å². The molecule has 1 amide bonds. The van der Waals surface area contributed by atoms with E-state index in [-0.39, 0.29) is 35.3 Å². The number of carbonyl (C=O) groups is 1. The van der Waals surface area contributed by atoms with Crippen molar-refractivity contribution in [2.75, 3.05) is 6.54 Å². The summed E-state index contributed by atoms with van der Waals surface area (Å²) in [5.74, 6) is 0.00510. The standard InChI is InChI=1S/C28H34ClN3O3S/c1-21(2)18-31(27(33)23-12-9-13-24(29)16-23)19-26-17-30-28(32(26)25-14-7-4-8-15-25)36(34,35)20-22-10-5-3-6-11-22/h3,5-6,9-13,16-17,21,25H,4,7-8,14-15,18-20H2,1-2H3. The molecule has 36 heavy (non-hydrogen) atoms. The van der Waals surface area contributed by atoms with Gasteiger partial charge in [0, 0.05) is 23.2 Å². The van der Waals surface area contributed by atoms with Crippen molar-refractivity contribution in [2.45, 2.75) is 69.4 Å². The number of aromatic nitrogens is 2. The smallest absolute Gasteiger partial charge is 0.254 e. The number of rotatable bonds is 9. The molecule has 3 aromatic rings. The first-order valence-corrected chi connectivity index (χ1v) is 14.7. The second kappa shape index (κ2) is 11.6. The number of amides is 1. The molecule has 0 saturated heterocycles. The summed E-state index contributed by atoms with van der Waals surface area (Å²) in [5, 5.41) is 0.611. The van der Waals surface area contributed by atoms with Gasteiger partial charge >= 0.3 is 0 Å².